The number of aromatic nitrogens is 2. The molecule has 10 heteroatoms. The third-order valence-corrected chi connectivity index (χ3v) is 5.80. The lowest BCUT2D eigenvalue weighted by atomic mass is 10.0. The van der Waals surface area contributed by atoms with Crippen LogP contribution in [0, 0.1) is 10.1 Å². The van der Waals surface area contributed by atoms with Crippen molar-refractivity contribution in [1.82, 2.24) is 9.78 Å². The molecule has 0 unspecified atom stereocenters. The fraction of sp³-hybridized carbons (Fsp3) is 0.292. The Morgan fingerprint density at radius 1 is 0.971 bits per heavy atom. The van der Waals surface area contributed by atoms with E-state index in [1.807, 2.05) is 6.07 Å². The fourth-order valence-electron chi connectivity index (χ4n) is 4.18. The minimum atomic E-state index is -0.798. The van der Waals surface area contributed by atoms with Gasteiger partial charge in [0.15, 0.2) is 5.69 Å². The number of piperidine rings is 1. The molecule has 10 nitrogen and oxygen atoms in total. The van der Waals surface area contributed by atoms with E-state index in [0.717, 1.165) is 32.4 Å². The highest BCUT2D eigenvalue weighted by atomic mass is 16.6. The number of methoxy groups -OCH3 is 2. The third kappa shape index (κ3) is 4.21. The lowest BCUT2D eigenvalue weighted by molar-refractivity contribution is -0.384. The van der Waals surface area contributed by atoms with Gasteiger partial charge in [0.2, 0.25) is 0 Å². The molecule has 3 aromatic rings. The number of hydrogen-bond donors (Lipinski definition) is 0. The summed E-state index contributed by atoms with van der Waals surface area (Å²) < 4.78 is 11.3. The van der Waals surface area contributed by atoms with Crippen LogP contribution in [-0.4, -0.2) is 54.0 Å². The zero-order chi connectivity index (χ0) is 24.2. The van der Waals surface area contributed by atoms with Crippen molar-refractivity contribution in [1.29, 1.82) is 0 Å². The molecule has 2 heterocycles. The Balaban J connectivity index is 2.05. The lowest BCUT2D eigenvalue weighted by Crippen LogP contribution is -2.29. The summed E-state index contributed by atoms with van der Waals surface area (Å²) in [4.78, 5) is 39.0. The number of rotatable bonds is 6. The number of ether oxygens (including phenoxy) is 2. The largest absolute Gasteiger partial charge is 0.465 e. The molecule has 0 N–H and O–H groups in total. The molecule has 4 rings (SSSR count). The topological polar surface area (TPSA) is 117 Å². The molecule has 1 fully saturated rings. The molecule has 0 spiro atoms. The van der Waals surface area contributed by atoms with Crippen molar-refractivity contribution in [3.05, 3.63) is 69.9 Å². The minimum Gasteiger partial charge on any atom is -0.465 e. The Labute approximate surface area is 195 Å². The first kappa shape index (κ1) is 23.0. The predicted molar refractivity (Wildman–Crippen MR) is 124 cm³/mol. The number of non-ortho nitro benzene ring substituents is 1. The van der Waals surface area contributed by atoms with Crippen LogP contribution in [0.2, 0.25) is 0 Å². The van der Waals surface area contributed by atoms with E-state index in [1.54, 1.807) is 30.3 Å². The van der Waals surface area contributed by atoms with Gasteiger partial charge in [-0.3, -0.25) is 10.1 Å². The van der Waals surface area contributed by atoms with Crippen molar-refractivity contribution in [3.8, 4) is 16.9 Å². The summed E-state index contributed by atoms with van der Waals surface area (Å²) in [6.45, 7) is 1.53. The van der Waals surface area contributed by atoms with E-state index in [0.29, 0.717) is 16.9 Å². The molecule has 0 bridgehead atoms. The van der Waals surface area contributed by atoms with Crippen LogP contribution < -0.4 is 4.90 Å². The molecule has 0 saturated carbocycles. The molecule has 0 radical (unpaired) electrons. The highest BCUT2D eigenvalue weighted by Gasteiger charge is 2.33. The van der Waals surface area contributed by atoms with Gasteiger partial charge in [-0.25, -0.2) is 14.3 Å². The monoisotopic (exact) mass is 464 g/mol. The number of hydrogen-bond acceptors (Lipinski definition) is 8. The Bertz CT molecular complexity index is 1230. The van der Waals surface area contributed by atoms with Gasteiger partial charge in [-0.1, -0.05) is 18.2 Å². The second-order valence-corrected chi connectivity index (χ2v) is 7.81. The highest BCUT2D eigenvalue weighted by Crippen LogP contribution is 2.38. The maximum Gasteiger partial charge on any atom is 0.357 e. The van der Waals surface area contributed by atoms with Gasteiger partial charge in [-0.2, -0.15) is 5.10 Å². The van der Waals surface area contributed by atoms with E-state index in [9.17, 15) is 19.7 Å². The Hall–Kier alpha value is -4.21. The van der Waals surface area contributed by atoms with Gasteiger partial charge in [-0.05, 0) is 37.5 Å². The molecular formula is C24H24N4O6. The van der Waals surface area contributed by atoms with E-state index in [2.05, 4.69) is 10.00 Å². The summed E-state index contributed by atoms with van der Waals surface area (Å²) in [5.74, 6) is -1.58. The first-order valence-corrected chi connectivity index (χ1v) is 10.8. The van der Waals surface area contributed by atoms with E-state index >= 15 is 0 Å². The summed E-state index contributed by atoms with van der Waals surface area (Å²) in [6, 6.07) is 13.3. The number of anilines is 1. The number of para-hydroxylation sites is 1. The molecule has 0 atom stereocenters. The molecular weight excluding hydrogens is 440 g/mol. The van der Waals surface area contributed by atoms with Crippen molar-refractivity contribution in [2.45, 2.75) is 19.3 Å². The van der Waals surface area contributed by atoms with Gasteiger partial charge in [0, 0.05) is 36.5 Å². The van der Waals surface area contributed by atoms with Crippen molar-refractivity contribution >= 4 is 23.3 Å². The van der Waals surface area contributed by atoms with Gasteiger partial charge >= 0.3 is 11.9 Å². The van der Waals surface area contributed by atoms with Crippen LogP contribution in [0.3, 0.4) is 0 Å². The summed E-state index contributed by atoms with van der Waals surface area (Å²) >= 11 is 0. The molecule has 1 aliphatic heterocycles. The average Bonchev–Trinajstić information content (AvgIpc) is 3.29. The molecule has 1 aromatic heterocycles. The Kier molecular flexibility index (Phi) is 6.58. The fourth-order valence-corrected chi connectivity index (χ4v) is 4.18. The van der Waals surface area contributed by atoms with Crippen molar-refractivity contribution in [2.24, 2.45) is 0 Å². The number of nitrogens with zero attached hydrogens (tertiary/aromatic N) is 4. The summed E-state index contributed by atoms with van der Waals surface area (Å²) in [5.41, 5.74) is 1.31. The quantitative estimate of drug-likeness (QED) is 0.305. The number of carbonyl (C=O) groups excluding carboxylic acids is 2. The third-order valence-electron chi connectivity index (χ3n) is 5.80. The number of nitro benzene ring substituents is 1. The van der Waals surface area contributed by atoms with Gasteiger partial charge < -0.3 is 14.4 Å². The first-order valence-electron chi connectivity index (χ1n) is 10.8. The van der Waals surface area contributed by atoms with Crippen LogP contribution in [0.5, 0.6) is 0 Å². The van der Waals surface area contributed by atoms with Crippen molar-refractivity contribution in [2.75, 3.05) is 32.2 Å². The summed E-state index contributed by atoms with van der Waals surface area (Å²) in [5, 5.41) is 16.2. The van der Waals surface area contributed by atoms with Crippen LogP contribution >= 0.6 is 0 Å². The standard InChI is InChI=1S/C24H24N4O6/c1-33-23(29)20-21(25-27(22(20)24(30)34-2)16-9-5-3-6-10-16)18-15-17(28(31)32)11-12-19(18)26-13-7-4-8-14-26/h3,5-6,9-12,15H,4,7-8,13-14H2,1-2H3. The van der Waals surface area contributed by atoms with Gasteiger partial charge in [-0.15, -0.1) is 0 Å². The molecule has 176 valence electrons. The number of nitro groups is 1. The number of esters is 2. The van der Waals surface area contributed by atoms with Crippen LogP contribution in [-0.2, 0) is 9.47 Å². The van der Waals surface area contributed by atoms with Gasteiger partial charge in [0.1, 0.15) is 11.3 Å². The predicted octanol–water partition coefficient (Wildman–Crippen LogP) is 4.01. The Morgan fingerprint density at radius 2 is 1.65 bits per heavy atom. The number of benzene rings is 2. The summed E-state index contributed by atoms with van der Waals surface area (Å²) in [6.07, 6.45) is 3.06. The zero-order valence-electron chi connectivity index (χ0n) is 18.9. The molecule has 34 heavy (non-hydrogen) atoms. The van der Waals surface area contributed by atoms with Crippen LogP contribution in [0.1, 0.15) is 40.1 Å². The van der Waals surface area contributed by atoms with Gasteiger partial charge in [0.05, 0.1) is 24.8 Å². The number of carbonyl (C=O) groups is 2. The summed E-state index contributed by atoms with van der Waals surface area (Å²) in [7, 11) is 2.41. The first-order chi connectivity index (χ1) is 16.5. The average molecular weight is 464 g/mol. The van der Waals surface area contributed by atoms with Crippen molar-refractivity contribution in [3.63, 3.8) is 0 Å². The van der Waals surface area contributed by atoms with Gasteiger partial charge in [0.25, 0.3) is 5.69 Å². The smallest absolute Gasteiger partial charge is 0.357 e. The molecule has 0 amide bonds. The van der Waals surface area contributed by atoms with E-state index in [4.69, 9.17) is 9.47 Å². The molecule has 0 aliphatic carbocycles. The lowest BCUT2D eigenvalue weighted by Gasteiger charge is -2.30. The Morgan fingerprint density at radius 3 is 2.26 bits per heavy atom. The SMILES string of the molecule is COC(=O)c1c(-c2cc([N+](=O)[O-])ccc2N2CCCCC2)nn(-c2ccccc2)c1C(=O)OC. The van der Waals surface area contributed by atoms with Crippen LogP contribution in [0.15, 0.2) is 48.5 Å². The minimum absolute atomic E-state index is 0.111. The van der Waals surface area contributed by atoms with Crippen molar-refractivity contribution < 1.29 is 24.0 Å². The second-order valence-electron chi connectivity index (χ2n) is 7.81. The maximum atomic E-state index is 13.0. The highest BCUT2D eigenvalue weighted by molar-refractivity contribution is 6.07. The van der Waals surface area contributed by atoms with Crippen LogP contribution in [0.25, 0.3) is 16.9 Å². The molecule has 1 saturated heterocycles. The normalized spacial score (nSPS) is 13.4. The van der Waals surface area contributed by atoms with E-state index in [-0.39, 0.29) is 22.6 Å². The second kappa shape index (κ2) is 9.74. The zero-order valence-corrected chi connectivity index (χ0v) is 18.9. The van der Waals surface area contributed by atoms with Crippen LogP contribution in [0.4, 0.5) is 11.4 Å². The molecule has 1 aliphatic rings. The van der Waals surface area contributed by atoms with E-state index in [1.165, 1.54) is 31.0 Å². The maximum absolute atomic E-state index is 13.0. The van der Waals surface area contributed by atoms with E-state index < -0.39 is 16.9 Å². The molecule has 2 aromatic carbocycles.